The van der Waals surface area contributed by atoms with Crippen molar-refractivity contribution in [3.05, 3.63) is 64.0 Å². The van der Waals surface area contributed by atoms with Crippen molar-refractivity contribution >= 4 is 34.8 Å². The minimum atomic E-state index is 0.0191. The molecule has 4 rings (SSSR count). The van der Waals surface area contributed by atoms with Crippen LogP contribution in [0.3, 0.4) is 0 Å². The van der Waals surface area contributed by atoms with Crippen molar-refractivity contribution < 1.29 is 4.79 Å². The molecule has 0 unspecified atom stereocenters. The molecule has 0 radical (unpaired) electrons. The highest BCUT2D eigenvalue weighted by molar-refractivity contribution is 8.00. The van der Waals surface area contributed by atoms with Crippen LogP contribution in [0.5, 0.6) is 0 Å². The number of benzene rings is 1. The van der Waals surface area contributed by atoms with E-state index in [-0.39, 0.29) is 11.2 Å². The first-order chi connectivity index (χ1) is 11.2. The summed E-state index contributed by atoms with van der Waals surface area (Å²) in [5, 5.41) is 9.80. The van der Waals surface area contributed by atoms with Crippen LogP contribution in [0.25, 0.3) is 5.69 Å². The number of nitrogens with one attached hydrogen (secondary N) is 1. The molecule has 1 amide bonds. The SMILES string of the molecule is Cc1ccsc1[C@H]1SCC(=O)Nc2c1cnn2-c1ccccc1. The summed E-state index contributed by atoms with van der Waals surface area (Å²) in [6.45, 7) is 2.12. The van der Waals surface area contributed by atoms with Crippen molar-refractivity contribution in [2.45, 2.75) is 12.2 Å². The normalized spacial score (nSPS) is 17.4. The Balaban J connectivity index is 1.86. The zero-order chi connectivity index (χ0) is 15.8. The lowest BCUT2D eigenvalue weighted by atomic mass is 10.1. The lowest BCUT2D eigenvalue weighted by molar-refractivity contribution is -0.113. The summed E-state index contributed by atoms with van der Waals surface area (Å²) in [6.07, 6.45) is 1.88. The Bertz CT molecular complexity index is 854. The number of para-hydroxylation sites is 1. The third-order valence-corrected chi connectivity index (χ3v) is 6.34. The van der Waals surface area contributed by atoms with Crippen molar-refractivity contribution in [2.75, 3.05) is 11.1 Å². The van der Waals surface area contributed by atoms with E-state index < -0.39 is 0 Å². The number of hydrogen-bond donors (Lipinski definition) is 1. The number of thioether (sulfide) groups is 1. The van der Waals surface area contributed by atoms with E-state index in [1.807, 2.05) is 41.2 Å². The summed E-state index contributed by atoms with van der Waals surface area (Å²) in [5.41, 5.74) is 3.28. The summed E-state index contributed by atoms with van der Waals surface area (Å²) in [7, 11) is 0. The lowest BCUT2D eigenvalue weighted by Crippen LogP contribution is -2.15. The van der Waals surface area contributed by atoms with E-state index in [4.69, 9.17) is 0 Å². The maximum atomic E-state index is 12.2. The van der Waals surface area contributed by atoms with Crippen LogP contribution in [0, 0.1) is 6.92 Å². The van der Waals surface area contributed by atoms with Gasteiger partial charge in [-0.05, 0) is 36.1 Å². The molecule has 6 heteroatoms. The number of hydrogen-bond acceptors (Lipinski definition) is 4. The van der Waals surface area contributed by atoms with Crippen LogP contribution < -0.4 is 5.32 Å². The molecule has 0 spiro atoms. The number of aryl methyl sites for hydroxylation is 1. The van der Waals surface area contributed by atoms with Crippen LogP contribution in [0.2, 0.25) is 0 Å². The van der Waals surface area contributed by atoms with Gasteiger partial charge in [0.25, 0.3) is 0 Å². The molecule has 1 aliphatic rings. The minimum absolute atomic E-state index is 0.0191. The van der Waals surface area contributed by atoms with Crippen LogP contribution in [-0.4, -0.2) is 21.4 Å². The Kier molecular flexibility index (Phi) is 3.71. The highest BCUT2D eigenvalue weighted by Crippen LogP contribution is 2.44. The van der Waals surface area contributed by atoms with E-state index in [1.165, 1.54) is 10.4 Å². The molecule has 0 bridgehead atoms. The number of rotatable bonds is 2. The van der Waals surface area contributed by atoms with Crippen LogP contribution in [0.15, 0.2) is 48.0 Å². The zero-order valence-corrected chi connectivity index (χ0v) is 14.2. The number of anilines is 1. The molecule has 1 aliphatic heterocycles. The van der Waals surface area contributed by atoms with Crippen LogP contribution in [0.4, 0.5) is 5.82 Å². The summed E-state index contributed by atoms with van der Waals surface area (Å²) in [6, 6.07) is 12.0. The average Bonchev–Trinajstić information content (AvgIpc) is 3.13. The van der Waals surface area contributed by atoms with E-state index >= 15 is 0 Å². The first-order valence-electron chi connectivity index (χ1n) is 7.33. The number of aromatic nitrogens is 2. The molecule has 0 aliphatic carbocycles. The minimum Gasteiger partial charge on any atom is -0.310 e. The van der Waals surface area contributed by atoms with Gasteiger partial charge in [-0.2, -0.15) is 5.10 Å². The number of fused-ring (bicyclic) bond motifs is 1. The molecular weight excluding hydrogens is 326 g/mol. The van der Waals surface area contributed by atoms with Crippen molar-refractivity contribution in [3.63, 3.8) is 0 Å². The maximum Gasteiger partial charge on any atom is 0.235 e. The Morgan fingerprint density at radius 2 is 2.09 bits per heavy atom. The second kappa shape index (κ2) is 5.86. The molecule has 1 atom stereocenters. The summed E-state index contributed by atoms with van der Waals surface area (Å²) < 4.78 is 1.81. The Hall–Kier alpha value is -2.05. The van der Waals surface area contributed by atoms with E-state index in [9.17, 15) is 4.79 Å². The lowest BCUT2D eigenvalue weighted by Gasteiger charge is -2.13. The van der Waals surface area contributed by atoms with Gasteiger partial charge in [0.1, 0.15) is 5.82 Å². The number of thiophene rings is 1. The number of nitrogens with zero attached hydrogens (tertiary/aromatic N) is 2. The standard InChI is InChI=1S/C17H15N3OS2/c1-11-7-8-22-15(11)16-13-9-18-20(12-5-3-2-4-6-12)17(13)19-14(21)10-23-16/h2-9,16H,10H2,1H3,(H,19,21)/t16-/m0/s1. The summed E-state index contributed by atoms with van der Waals surface area (Å²) in [4.78, 5) is 13.4. The smallest absolute Gasteiger partial charge is 0.235 e. The number of amides is 1. The monoisotopic (exact) mass is 341 g/mol. The van der Waals surface area contributed by atoms with Crippen molar-refractivity contribution in [2.24, 2.45) is 0 Å². The number of carbonyl (C=O) groups excluding carboxylic acids is 1. The van der Waals surface area contributed by atoms with Gasteiger partial charge in [0.05, 0.1) is 22.9 Å². The molecule has 4 nitrogen and oxygen atoms in total. The second-order valence-electron chi connectivity index (χ2n) is 5.40. The highest BCUT2D eigenvalue weighted by Gasteiger charge is 2.29. The predicted octanol–water partition coefficient (Wildman–Crippen LogP) is 4.02. The predicted molar refractivity (Wildman–Crippen MR) is 95.6 cm³/mol. The van der Waals surface area contributed by atoms with Crippen molar-refractivity contribution in [1.82, 2.24) is 9.78 Å². The van der Waals surface area contributed by atoms with Gasteiger partial charge in [0, 0.05) is 10.4 Å². The fourth-order valence-corrected chi connectivity index (χ4v) is 5.10. The molecule has 1 aromatic carbocycles. The van der Waals surface area contributed by atoms with Gasteiger partial charge in [-0.1, -0.05) is 18.2 Å². The summed E-state index contributed by atoms with van der Waals surface area (Å²) >= 11 is 3.40. The van der Waals surface area contributed by atoms with Crippen LogP contribution in [-0.2, 0) is 4.79 Å². The molecule has 1 N–H and O–H groups in total. The molecule has 0 saturated heterocycles. The summed E-state index contributed by atoms with van der Waals surface area (Å²) in [5.74, 6) is 1.25. The van der Waals surface area contributed by atoms with Crippen molar-refractivity contribution in [1.29, 1.82) is 0 Å². The first-order valence-corrected chi connectivity index (χ1v) is 9.25. The largest absolute Gasteiger partial charge is 0.310 e. The van der Waals surface area contributed by atoms with Gasteiger partial charge in [0.2, 0.25) is 5.91 Å². The van der Waals surface area contributed by atoms with E-state index in [0.717, 1.165) is 17.1 Å². The van der Waals surface area contributed by atoms with E-state index in [2.05, 4.69) is 28.8 Å². The number of carbonyl (C=O) groups is 1. The topological polar surface area (TPSA) is 46.9 Å². The van der Waals surface area contributed by atoms with Gasteiger partial charge in [-0.15, -0.1) is 23.1 Å². The van der Waals surface area contributed by atoms with Crippen LogP contribution in [0.1, 0.15) is 21.3 Å². The molecule has 3 heterocycles. The molecule has 116 valence electrons. The average molecular weight is 341 g/mol. The highest BCUT2D eigenvalue weighted by atomic mass is 32.2. The van der Waals surface area contributed by atoms with Crippen LogP contribution >= 0.6 is 23.1 Å². The molecule has 0 saturated carbocycles. The van der Waals surface area contributed by atoms with Gasteiger partial charge in [-0.3, -0.25) is 4.79 Å². The van der Waals surface area contributed by atoms with Gasteiger partial charge in [0.15, 0.2) is 0 Å². The molecule has 2 aromatic heterocycles. The molecular formula is C17H15N3OS2. The van der Waals surface area contributed by atoms with Gasteiger partial charge < -0.3 is 5.32 Å². The fraction of sp³-hybridized carbons (Fsp3) is 0.176. The second-order valence-corrected chi connectivity index (χ2v) is 7.44. The maximum absolute atomic E-state index is 12.2. The Morgan fingerprint density at radius 3 is 2.83 bits per heavy atom. The fourth-order valence-electron chi connectivity index (χ4n) is 2.73. The third kappa shape index (κ3) is 2.58. The molecule has 3 aromatic rings. The first kappa shape index (κ1) is 14.5. The quantitative estimate of drug-likeness (QED) is 0.766. The third-order valence-electron chi connectivity index (χ3n) is 3.86. The zero-order valence-electron chi connectivity index (χ0n) is 12.5. The van der Waals surface area contributed by atoms with E-state index in [1.54, 1.807) is 23.1 Å². The Morgan fingerprint density at radius 1 is 1.26 bits per heavy atom. The van der Waals surface area contributed by atoms with Crippen molar-refractivity contribution in [3.8, 4) is 5.69 Å². The van der Waals surface area contributed by atoms with Gasteiger partial charge in [-0.25, -0.2) is 4.68 Å². The molecule has 23 heavy (non-hydrogen) atoms. The Labute approximate surface area is 142 Å². The van der Waals surface area contributed by atoms with E-state index in [0.29, 0.717) is 5.75 Å². The molecule has 0 fully saturated rings. The van der Waals surface area contributed by atoms with Gasteiger partial charge >= 0.3 is 0 Å².